The highest BCUT2D eigenvalue weighted by atomic mass is 14.9. The molecule has 0 bridgehead atoms. The largest absolute Gasteiger partial charge is 0.320 e. The molecule has 0 radical (unpaired) electrons. The Labute approximate surface area is 92.1 Å². The van der Waals surface area contributed by atoms with E-state index in [0.29, 0.717) is 0 Å². The first kappa shape index (κ1) is 10.7. The minimum atomic E-state index is 1.05. The first-order valence-corrected chi connectivity index (χ1v) is 5.87. The van der Waals surface area contributed by atoms with Crippen molar-refractivity contribution in [1.82, 2.24) is 10.6 Å². The predicted octanol–water partition coefficient (Wildman–Crippen LogP) is 1.48. The van der Waals surface area contributed by atoms with Gasteiger partial charge in [-0.25, -0.2) is 0 Å². The summed E-state index contributed by atoms with van der Waals surface area (Å²) in [5, 5.41) is 6.63. The second kappa shape index (κ2) is 5.29. The zero-order valence-electron chi connectivity index (χ0n) is 9.47. The quantitative estimate of drug-likeness (QED) is 0.726. The zero-order chi connectivity index (χ0) is 10.5. The zero-order valence-corrected chi connectivity index (χ0v) is 9.47. The lowest BCUT2D eigenvalue weighted by molar-refractivity contribution is 0.634. The van der Waals surface area contributed by atoms with Crippen LogP contribution in [0.1, 0.15) is 23.1 Å². The molecule has 0 spiro atoms. The van der Waals surface area contributed by atoms with Gasteiger partial charge in [-0.15, -0.1) is 0 Å². The molecule has 0 aromatic heterocycles. The number of nitrogens with one attached hydrogen (secondary N) is 2. The first-order valence-electron chi connectivity index (χ1n) is 5.87. The molecule has 0 atom stereocenters. The van der Waals surface area contributed by atoms with Crippen molar-refractivity contribution in [1.29, 1.82) is 0 Å². The molecule has 0 amide bonds. The maximum atomic E-state index is 3.42. The Bertz CT molecular complexity index is 320. The van der Waals surface area contributed by atoms with Gasteiger partial charge in [0.05, 0.1) is 0 Å². The van der Waals surface area contributed by atoms with Crippen molar-refractivity contribution in [2.45, 2.75) is 25.8 Å². The van der Waals surface area contributed by atoms with Crippen molar-refractivity contribution in [2.24, 2.45) is 0 Å². The van der Waals surface area contributed by atoms with Crippen molar-refractivity contribution in [3.05, 3.63) is 34.9 Å². The van der Waals surface area contributed by atoms with E-state index in [1.807, 2.05) is 7.05 Å². The minimum absolute atomic E-state index is 1.05. The highest BCUT2D eigenvalue weighted by Crippen LogP contribution is 2.19. The smallest absolute Gasteiger partial charge is 0.0208 e. The molecule has 2 N–H and O–H groups in total. The number of rotatable bonds is 4. The molecule has 2 heteroatoms. The molecule has 82 valence electrons. The molecule has 1 aromatic rings. The lowest BCUT2D eigenvalue weighted by atomic mass is 9.93. The normalized spacial score (nSPS) is 15.0. The molecule has 15 heavy (non-hydrogen) atoms. The van der Waals surface area contributed by atoms with Gasteiger partial charge in [0.25, 0.3) is 0 Å². The van der Waals surface area contributed by atoms with Crippen LogP contribution in [0, 0.1) is 0 Å². The van der Waals surface area contributed by atoms with E-state index < -0.39 is 0 Å². The molecule has 0 saturated carbocycles. The Balaban J connectivity index is 2.09. The molecule has 0 saturated heterocycles. The third kappa shape index (κ3) is 2.58. The molecule has 1 aromatic carbocycles. The average molecular weight is 204 g/mol. The van der Waals surface area contributed by atoms with E-state index in [0.717, 1.165) is 19.6 Å². The van der Waals surface area contributed by atoms with Crippen LogP contribution in [0.5, 0.6) is 0 Å². The number of fused-ring (bicyclic) bond motifs is 1. The highest BCUT2D eigenvalue weighted by molar-refractivity contribution is 5.37. The number of aryl methyl sites for hydroxylation is 1. The van der Waals surface area contributed by atoms with Crippen molar-refractivity contribution < 1.29 is 0 Å². The fourth-order valence-corrected chi connectivity index (χ4v) is 2.30. The summed E-state index contributed by atoms with van der Waals surface area (Å²) < 4.78 is 0. The summed E-state index contributed by atoms with van der Waals surface area (Å²) in [5.74, 6) is 0. The van der Waals surface area contributed by atoms with Crippen LogP contribution >= 0.6 is 0 Å². The molecule has 0 fully saturated rings. The Morgan fingerprint density at radius 3 is 3.20 bits per heavy atom. The fraction of sp³-hybridized carbons (Fsp3) is 0.538. The monoisotopic (exact) mass is 204 g/mol. The average Bonchev–Trinajstić information content (AvgIpc) is 2.30. The van der Waals surface area contributed by atoms with E-state index in [1.165, 1.54) is 24.8 Å². The predicted molar refractivity (Wildman–Crippen MR) is 64.1 cm³/mol. The van der Waals surface area contributed by atoms with E-state index in [-0.39, 0.29) is 0 Å². The van der Waals surface area contributed by atoms with Crippen LogP contribution in [0.4, 0.5) is 0 Å². The van der Waals surface area contributed by atoms with Crippen molar-refractivity contribution >= 4 is 0 Å². The van der Waals surface area contributed by atoms with Crippen LogP contribution in [-0.4, -0.2) is 20.1 Å². The number of hydrogen-bond donors (Lipinski definition) is 2. The van der Waals surface area contributed by atoms with Crippen molar-refractivity contribution in [3.8, 4) is 0 Å². The van der Waals surface area contributed by atoms with E-state index in [9.17, 15) is 0 Å². The van der Waals surface area contributed by atoms with Gasteiger partial charge in [0.2, 0.25) is 0 Å². The number of hydrogen-bond acceptors (Lipinski definition) is 2. The van der Waals surface area contributed by atoms with E-state index in [4.69, 9.17) is 0 Å². The summed E-state index contributed by atoms with van der Waals surface area (Å²) in [7, 11) is 2.02. The highest BCUT2D eigenvalue weighted by Gasteiger charge is 2.11. The third-order valence-corrected chi connectivity index (χ3v) is 3.11. The van der Waals surface area contributed by atoms with Crippen LogP contribution in [0.15, 0.2) is 18.2 Å². The summed E-state index contributed by atoms with van der Waals surface area (Å²) in [6.07, 6.45) is 3.65. The van der Waals surface area contributed by atoms with Crippen LogP contribution in [-0.2, 0) is 19.4 Å². The van der Waals surface area contributed by atoms with Gasteiger partial charge in [-0.1, -0.05) is 18.2 Å². The summed E-state index contributed by atoms with van der Waals surface area (Å²) in [4.78, 5) is 0. The van der Waals surface area contributed by atoms with Gasteiger partial charge in [0, 0.05) is 6.54 Å². The Hall–Kier alpha value is -0.860. The fourth-order valence-electron chi connectivity index (χ4n) is 2.30. The summed E-state index contributed by atoms with van der Waals surface area (Å²) >= 11 is 0. The maximum absolute atomic E-state index is 3.42. The molecule has 2 nitrogen and oxygen atoms in total. The molecule has 1 aliphatic rings. The number of benzene rings is 1. The van der Waals surface area contributed by atoms with Gasteiger partial charge in [-0.2, -0.15) is 0 Å². The Morgan fingerprint density at radius 1 is 1.40 bits per heavy atom. The van der Waals surface area contributed by atoms with Gasteiger partial charge < -0.3 is 10.6 Å². The maximum Gasteiger partial charge on any atom is 0.0208 e. The summed E-state index contributed by atoms with van der Waals surface area (Å²) in [6, 6.07) is 6.74. The lowest BCUT2D eigenvalue weighted by Crippen LogP contribution is -2.24. The van der Waals surface area contributed by atoms with Gasteiger partial charge in [-0.05, 0) is 56.1 Å². The van der Waals surface area contributed by atoms with Gasteiger partial charge in [-0.3, -0.25) is 0 Å². The molecule has 1 aliphatic heterocycles. The first-order chi connectivity index (χ1) is 7.42. The van der Waals surface area contributed by atoms with E-state index >= 15 is 0 Å². The van der Waals surface area contributed by atoms with Crippen LogP contribution in [0.2, 0.25) is 0 Å². The second-order valence-electron chi connectivity index (χ2n) is 4.19. The van der Waals surface area contributed by atoms with Crippen LogP contribution in [0.25, 0.3) is 0 Å². The molecular weight excluding hydrogens is 184 g/mol. The minimum Gasteiger partial charge on any atom is -0.320 e. The molecule has 1 heterocycles. The second-order valence-corrected chi connectivity index (χ2v) is 4.19. The van der Waals surface area contributed by atoms with Gasteiger partial charge >= 0.3 is 0 Å². The molecule has 0 unspecified atom stereocenters. The Kier molecular flexibility index (Phi) is 3.75. The van der Waals surface area contributed by atoms with E-state index in [1.54, 1.807) is 11.1 Å². The van der Waals surface area contributed by atoms with Gasteiger partial charge in [0.15, 0.2) is 0 Å². The van der Waals surface area contributed by atoms with Gasteiger partial charge in [0.1, 0.15) is 0 Å². The van der Waals surface area contributed by atoms with E-state index in [2.05, 4.69) is 28.8 Å². The lowest BCUT2D eigenvalue weighted by Gasteiger charge is -2.20. The Morgan fingerprint density at radius 2 is 2.33 bits per heavy atom. The van der Waals surface area contributed by atoms with Crippen molar-refractivity contribution in [2.75, 3.05) is 20.1 Å². The molecular formula is C13H20N2. The van der Waals surface area contributed by atoms with Crippen molar-refractivity contribution in [3.63, 3.8) is 0 Å². The topological polar surface area (TPSA) is 24.1 Å². The molecule has 2 rings (SSSR count). The summed E-state index contributed by atoms with van der Waals surface area (Å²) in [6.45, 7) is 3.30. The molecule has 0 aliphatic carbocycles. The summed E-state index contributed by atoms with van der Waals surface area (Å²) in [5.41, 5.74) is 4.67. The SMILES string of the molecule is CNCCCc1cccc2c1CCNC2. The van der Waals surface area contributed by atoms with Crippen LogP contribution in [0.3, 0.4) is 0 Å². The third-order valence-electron chi connectivity index (χ3n) is 3.11. The standard InChI is InChI=1S/C13H20N2/c1-14-8-3-6-11-4-2-5-12-10-15-9-7-13(11)12/h2,4-5,14-15H,3,6-10H2,1H3. The van der Waals surface area contributed by atoms with Crippen LogP contribution < -0.4 is 10.6 Å².